The second-order valence-electron chi connectivity index (χ2n) is 4.06. The molecule has 0 saturated carbocycles. The van der Waals surface area contributed by atoms with Crippen molar-refractivity contribution in [2.45, 2.75) is 12.6 Å². The van der Waals surface area contributed by atoms with Crippen molar-refractivity contribution in [3.05, 3.63) is 33.8 Å². The molecule has 1 N–H and O–H groups in total. The number of piperazine rings is 1. The molecule has 1 saturated heterocycles. The summed E-state index contributed by atoms with van der Waals surface area (Å²) in [6, 6.07) is 7.62. The quantitative estimate of drug-likeness (QED) is 0.896. The summed E-state index contributed by atoms with van der Waals surface area (Å²) in [6.07, 6.45) is 0. The molecule has 0 amide bonds. The molecule has 0 bridgehead atoms. The van der Waals surface area contributed by atoms with Crippen LogP contribution in [-0.4, -0.2) is 30.6 Å². The van der Waals surface area contributed by atoms with Gasteiger partial charge < -0.3 is 5.32 Å². The van der Waals surface area contributed by atoms with Gasteiger partial charge in [-0.15, -0.1) is 0 Å². The Morgan fingerprint density at radius 3 is 3.06 bits per heavy atom. The standard InChI is InChI=1S/C12H13Cl2N3/c13-10-1-2-12(14)9(5-10)8-17-4-3-16-7-11(17)6-15/h1-2,5,11,16H,3-4,7-8H2. The lowest BCUT2D eigenvalue weighted by atomic mass is 10.1. The first-order chi connectivity index (χ1) is 8.20. The van der Waals surface area contributed by atoms with Crippen molar-refractivity contribution in [1.29, 1.82) is 5.26 Å². The molecular weight excluding hydrogens is 257 g/mol. The Hall–Kier alpha value is -0.790. The lowest BCUT2D eigenvalue weighted by Crippen LogP contribution is -2.50. The van der Waals surface area contributed by atoms with E-state index in [-0.39, 0.29) is 6.04 Å². The Morgan fingerprint density at radius 1 is 1.47 bits per heavy atom. The van der Waals surface area contributed by atoms with E-state index < -0.39 is 0 Å². The molecule has 1 heterocycles. The normalized spacial score (nSPS) is 21.1. The summed E-state index contributed by atoms with van der Waals surface area (Å²) in [7, 11) is 0. The molecule has 90 valence electrons. The number of nitrogens with one attached hydrogen (secondary N) is 1. The van der Waals surface area contributed by atoms with Crippen molar-refractivity contribution in [1.82, 2.24) is 10.2 Å². The number of nitriles is 1. The van der Waals surface area contributed by atoms with Crippen molar-refractivity contribution in [3.63, 3.8) is 0 Å². The van der Waals surface area contributed by atoms with E-state index in [1.54, 1.807) is 12.1 Å². The van der Waals surface area contributed by atoms with Crippen LogP contribution in [0.15, 0.2) is 18.2 Å². The Kier molecular flexibility index (Phi) is 4.25. The van der Waals surface area contributed by atoms with Gasteiger partial charge in [-0.1, -0.05) is 23.2 Å². The Morgan fingerprint density at radius 2 is 2.29 bits per heavy atom. The fourth-order valence-electron chi connectivity index (χ4n) is 1.95. The van der Waals surface area contributed by atoms with Crippen LogP contribution in [0.1, 0.15) is 5.56 Å². The second kappa shape index (κ2) is 5.70. The van der Waals surface area contributed by atoms with Gasteiger partial charge in [0.05, 0.1) is 6.07 Å². The molecule has 0 aliphatic carbocycles. The van der Waals surface area contributed by atoms with E-state index in [0.717, 1.165) is 18.7 Å². The minimum absolute atomic E-state index is 0.0983. The number of hydrogen-bond donors (Lipinski definition) is 1. The molecule has 2 rings (SSSR count). The molecule has 5 heteroatoms. The predicted molar refractivity (Wildman–Crippen MR) is 69.1 cm³/mol. The third kappa shape index (κ3) is 3.11. The Labute approximate surface area is 111 Å². The highest BCUT2D eigenvalue weighted by Gasteiger charge is 2.22. The second-order valence-corrected chi connectivity index (χ2v) is 4.90. The fourth-order valence-corrected chi connectivity index (χ4v) is 2.32. The zero-order chi connectivity index (χ0) is 12.3. The van der Waals surface area contributed by atoms with Crippen LogP contribution >= 0.6 is 23.2 Å². The Bertz CT molecular complexity index is 442. The van der Waals surface area contributed by atoms with E-state index in [1.165, 1.54) is 0 Å². The molecule has 1 atom stereocenters. The summed E-state index contributed by atoms with van der Waals surface area (Å²) in [5.74, 6) is 0. The lowest BCUT2D eigenvalue weighted by Gasteiger charge is -2.32. The van der Waals surface area contributed by atoms with Gasteiger partial charge in [-0.25, -0.2) is 0 Å². The molecule has 0 spiro atoms. The number of halogens is 2. The smallest absolute Gasteiger partial charge is 0.111 e. The lowest BCUT2D eigenvalue weighted by molar-refractivity contribution is 0.189. The first-order valence-corrected chi connectivity index (χ1v) is 6.24. The van der Waals surface area contributed by atoms with Crippen LogP contribution in [0.25, 0.3) is 0 Å². The summed E-state index contributed by atoms with van der Waals surface area (Å²) >= 11 is 12.1. The fraction of sp³-hybridized carbons (Fsp3) is 0.417. The van der Waals surface area contributed by atoms with Crippen LogP contribution in [0, 0.1) is 11.3 Å². The number of hydrogen-bond acceptors (Lipinski definition) is 3. The average molecular weight is 270 g/mol. The van der Waals surface area contributed by atoms with E-state index in [9.17, 15) is 0 Å². The van der Waals surface area contributed by atoms with Gasteiger partial charge in [-0.05, 0) is 23.8 Å². The highest BCUT2D eigenvalue weighted by atomic mass is 35.5. The van der Waals surface area contributed by atoms with Gasteiger partial charge in [0.25, 0.3) is 0 Å². The molecule has 1 fully saturated rings. The SMILES string of the molecule is N#CC1CNCCN1Cc1cc(Cl)ccc1Cl. The van der Waals surface area contributed by atoms with E-state index in [1.807, 2.05) is 6.07 Å². The van der Waals surface area contributed by atoms with Gasteiger partial charge in [0.1, 0.15) is 6.04 Å². The summed E-state index contributed by atoms with van der Waals surface area (Å²) in [5, 5.41) is 13.6. The largest absolute Gasteiger partial charge is 0.313 e. The number of nitrogens with zero attached hydrogens (tertiary/aromatic N) is 2. The zero-order valence-electron chi connectivity index (χ0n) is 9.29. The van der Waals surface area contributed by atoms with Gasteiger partial charge in [0.2, 0.25) is 0 Å². The van der Waals surface area contributed by atoms with E-state index in [4.69, 9.17) is 28.5 Å². The van der Waals surface area contributed by atoms with Crippen LogP contribution in [-0.2, 0) is 6.54 Å². The van der Waals surface area contributed by atoms with Gasteiger partial charge in [-0.3, -0.25) is 4.90 Å². The highest BCUT2D eigenvalue weighted by Crippen LogP contribution is 2.23. The van der Waals surface area contributed by atoms with Gasteiger partial charge in [0, 0.05) is 36.2 Å². The molecule has 0 radical (unpaired) electrons. The van der Waals surface area contributed by atoms with Gasteiger partial charge >= 0.3 is 0 Å². The van der Waals surface area contributed by atoms with Crippen LogP contribution in [0.3, 0.4) is 0 Å². The van der Waals surface area contributed by atoms with Crippen molar-refractivity contribution < 1.29 is 0 Å². The summed E-state index contributed by atoms with van der Waals surface area (Å²) < 4.78 is 0. The highest BCUT2D eigenvalue weighted by molar-refractivity contribution is 6.33. The van der Waals surface area contributed by atoms with Crippen molar-refractivity contribution in [3.8, 4) is 6.07 Å². The van der Waals surface area contributed by atoms with E-state index in [0.29, 0.717) is 23.1 Å². The molecule has 1 aromatic rings. The van der Waals surface area contributed by atoms with Crippen molar-refractivity contribution in [2.75, 3.05) is 19.6 Å². The van der Waals surface area contributed by atoms with E-state index >= 15 is 0 Å². The van der Waals surface area contributed by atoms with Crippen molar-refractivity contribution in [2.24, 2.45) is 0 Å². The third-order valence-corrected chi connectivity index (χ3v) is 3.49. The minimum Gasteiger partial charge on any atom is -0.313 e. The summed E-state index contributed by atoms with van der Waals surface area (Å²) in [5.41, 5.74) is 0.973. The predicted octanol–water partition coefficient (Wildman–Crippen LogP) is 2.29. The molecular formula is C12H13Cl2N3. The maximum atomic E-state index is 9.07. The number of benzene rings is 1. The molecule has 1 unspecified atom stereocenters. The summed E-state index contributed by atoms with van der Waals surface area (Å²) in [4.78, 5) is 2.12. The maximum absolute atomic E-state index is 9.07. The monoisotopic (exact) mass is 269 g/mol. The molecule has 3 nitrogen and oxygen atoms in total. The summed E-state index contributed by atoms with van der Waals surface area (Å²) in [6.45, 7) is 3.12. The average Bonchev–Trinajstić information content (AvgIpc) is 2.34. The van der Waals surface area contributed by atoms with Crippen LogP contribution < -0.4 is 5.32 Å². The third-order valence-electron chi connectivity index (χ3n) is 2.88. The maximum Gasteiger partial charge on any atom is 0.111 e. The molecule has 1 aliphatic heterocycles. The van der Waals surface area contributed by atoms with Crippen molar-refractivity contribution >= 4 is 23.2 Å². The number of rotatable bonds is 2. The minimum atomic E-state index is -0.0983. The van der Waals surface area contributed by atoms with E-state index in [2.05, 4.69) is 16.3 Å². The molecule has 1 aliphatic rings. The Balaban J connectivity index is 2.14. The van der Waals surface area contributed by atoms with Crippen LogP contribution in [0.4, 0.5) is 0 Å². The van der Waals surface area contributed by atoms with Crippen LogP contribution in [0.2, 0.25) is 10.0 Å². The zero-order valence-corrected chi connectivity index (χ0v) is 10.8. The first-order valence-electron chi connectivity index (χ1n) is 5.49. The first kappa shape index (κ1) is 12.7. The molecule has 17 heavy (non-hydrogen) atoms. The van der Waals surface area contributed by atoms with Crippen LogP contribution in [0.5, 0.6) is 0 Å². The topological polar surface area (TPSA) is 39.1 Å². The molecule has 1 aromatic carbocycles. The van der Waals surface area contributed by atoms with Gasteiger partial charge in [-0.2, -0.15) is 5.26 Å². The molecule has 0 aromatic heterocycles. The van der Waals surface area contributed by atoms with Gasteiger partial charge in [0.15, 0.2) is 0 Å².